The largest absolute Gasteiger partial charge is 0.338 e. The first-order chi connectivity index (χ1) is 7.18. The van der Waals surface area contributed by atoms with Gasteiger partial charge in [0.2, 0.25) is 0 Å². The lowest BCUT2D eigenvalue weighted by atomic mass is 10.4. The molecule has 0 radical (unpaired) electrons. The van der Waals surface area contributed by atoms with Crippen LogP contribution in [0.4, 0.5) is 0 Å². The molecule has 0 saturated heterocycles. The first-order valence-electron chi connectivity index (χ1n) is 4.76. The van der Waals surface area contributed by atoms with Gasteiger partial charge in [-0.15, -0.1) is 0 Å². The molecule has 6 heteroatoms. The number of aromatic nitrogens is 5. The highest BCUT2D eigenvalue weighted by atomic mass is 32.1. The molecule has 0 spiro atoms. The molecule has 5 nitrogen and oxygen atoms in total. The summed E-state index contributed by atoms with van der Waals surface area (Å²) in [5, 5.41) is 6.83. The lowest BCUT2D eigenvalue weighted by Crippen LogP contribution is -2.07. The van der Waals surface area contributed by atoms with Gasteiger partial charge in [-0.25, -0.2) is 4.98 Å². The molecule has 0 bridgehead atoms. The van der Waals surface area contributed by atoms with Gasteiger partial charge in [0.25, 0.3) is 0 Å². The van der Waals surface area contributed by atoms with Gasteiger partial charge in [-0.2, -0.15) is 5.10 Å². The Morgan fingerprint density at radius 3 is 2.87 bits per heavy atom. The summed E-state index contributed by atoms with van der Waals surface area (Å²) in [7, 11) is 1.99. The summed E-state index contributed by atoms with van der Waals surface area (Å²) < 4.78 is 4.66. The molecule has 0 fully saturated rings. The van der Waals surface area contributed by atoms with E-state index < -0.39 is 0 Å². The third kappa shape index (κ3) is 1.99. The number of hydrogen-bond donors (Lipinski definition) is 1. The molecule has 2 rings (SSSR count). The fourth-order valence-corrected chi connectivity index (χ4v) is 1.78. The van der Waals surface area contributed by atoms with Gasteiger partial charge >= 0.3 is 0 Å². The molecule has 0 aromatic carbocycles. The maximum atomic E-state index is 5.12. The third-order valence-electron chi connectivity index (χ3n) is 2.43. The number of aryl methyl sites for hydroxylation is 3. The second-order valence-corrected chi connectivity index (χ2v) is 3.82. The zero-order chi connectivity index (χ0) is 10.8. The molecule has 0 saturated carbocycles. The maximum absolute atomic E-state index is 5.12. The standard InChI is InChI=1S/C9H13N5S/c1-7-11-12-9(15)14(7)5-3-8-10-4-6-13(8)2/h4,6H,3,5H2,1-2H3,(H,12,15). The SMILES string of the molecule is Cc1n[nH]c(=S)n1CCc1nccn1C. The summed E-state index contributed by atoms with van der Waals surface area (Å²) in [5.74, 6) is 1.96. The molecule has 0 unspecified atom stereocenters. The smallest absolute Gasteiger partial charge is 0.195 e. The van der Waals surface area contributed by atoms with Gasteiger partial charge in [0.05, 0.1) is 0 Å². The van der Waals surface area contributed by atoms with Gasteiger partial charge in [0.1, 0.15) is 11.6 Å². The molecular weight excluding hydrogens is 210 g/mol. The Hall–Kier alpha value is -1.43. The van der Waals surface area contributed by atoms with Crippen molar-refractivity contribution in [2.24, 2.45) is 7.05 Å². The van der Waals surface area contributed by atoms with Crippen molar-refractivity contribution in [2.45, 2.75) is 19.9 Å². The minimum absolute atomic E-state index is 0.668. The Balaban J connectivity index is 2.12. The van der Waals surface area contributed by atoms with Crippen LogP contribution in [-0.4, -0.2) is 24.3 Å². The zero-order valence-electron chi connectivity index (χ0n) is 8.77. The predicted octanol–water partition coefficient (Wildman–Crippen LogP) is 1.23. The van der Waals surface area contributed by atoms with E-state index in [4.69, 9.17) is 12.2 Å². The van der Waals surface area contributed by atoms with Crippen LogP contribution < -0.4 is 0 Å². The van der Waals surface area contributed by atoms with Crippen molar-refractivity contribution >= 4 is 12.2 Å². The highest BCUT2D eigenvalue weighted by Crippen LogP contribution is 2.01. The second kappa shape index (κ2) is 3.98. The summed E-state index contributed by atoms with van der Waals surface area (Å²) in [6.07, 6.45) is 4.60. The average molecular weight is 223 g/mol. The van der Waals surface area contributed by atoms with Crippen molar-refractivity contribution in [1.29, 1.82) is 0 Å². The Labute approximate surface area is 92.8 Å². The van der Waals surface area contributed by atoms with Crippen molar-refractivity contribution in [3.8, 4) is 0 Å². The van der Waals surface area contributed by atoms with Crippen molar-refractivity contribution in [2.75, 3.05) is 0 Å². The Kier molecular flexibility index (Phi) is 2.68. The van der Waals surface area contributed by atoms with E-state index >= 15 is 0 Å². The van der Waals surface area contributed by atoms with E-state index in [2.05, 4.69) is 15.2 Å². The van der Waals surface area contributed by atoms with E-state index in [1.165, 1.54) is 0 Å². The van der Waals surface area contributed by atoms with Crippen LogP contribution in [0.15, 0.2) is 12.4 Å². The minimum atomic E-state index is 0.668. The van der Waals surface area contributed by atoms with Crippen molar-refractivity contribution in [3.05, 3.63) is 28.8 Å². The van der Waals surface area contributed by atoms with Crippen molar-refractivity contribution in [1.82, 2.24) is 24.3 Å². The molecule has 15 heavy (non-hydrogen) atoms. The van der Waals surface area contributed by atoms with Crippen LogP contribution in [0.3, 0.4) is 0 Å². The summed E-state index contributed by atoms with van der Waals surface area (Å²) in [6, 6.07) is 0. The lowest BCUT2D eigenvalue weighted by Gasteiger charge is -2.04. The molecule has 0 aliphatic rings. The molecular formula is C9H13N5S. The summed E-state index contributed by atoms with van der Waals surface area (Å²) in [5.41, 5.74) is 0. The zero-order valence-corrected chi connectivity index (χ0v) is 9.58. The first-order valence-corrected chi connectivity index (χ1v) is 5.17. The van der Waals surface area contributed by atoms with Crippen molar-refractivity contribution in [3.63, 3.8) is 0 Å². The maximum Gasteiger partial charge on any atom is 0.195 e. The van der Waals surface area contributed by atoms with Crippen LogP contribution in [0.1, 0.15) is 11.6 Å². The van der Waals surface area contributed by atoms with Crippen LogP contribution in [-0.2, 0) is 20.0 Å². The Morgan fingerprint density at radius 1 is 1.53 bits per heavy atom. The third-order valence-corrected chi connectivity index (χ3v) is 2.74. The molecule has 0 aliphatic carbocycles. The highest BCUT2D eigenvalue weighted by Gasteiger charge is 2.03. The molecule has 1 N–H and O–H groups in total. The first kappa shape index (κ1) is 10.1. The van der Waals surface area contributed by atoms with Crippen LogP contribution in [0.25, 0.3) is 0 Å². The van der Waals surface area contributed by atoms with Crippen LogP contribution in [0.5, 0.6) is 0 Å². The molecule has 0 atom stereocenters. The highest BCUT2D eigenvalue weighted by molar-refractivity contribution is 7.71. The fraction of sp³-hybridized carbons (Fsp3) is 0.444. The number of nitrogens with zero attached hydrogens (tertiary/aromatic N) is 4. The monoisotopic (exact) mass is 223 g/mol. The topological polar surface area (TPSA) is 51.4 Å². The minimum Gasteiger partial charge on any atom is -0.338 e. The van der Waals surface area contributed by atoms with E-state index in [0.717, 1.165) is 24.6 Å². The average Bonchev–Trinajstić information content (AvgIpc) is 2.73. The molecule has 2 heterocycles. The number of rotatable bonds is 3. The number of aromatic amines is 1. The molecule has 2 aromatic heterocycles. The van der Waals surface area contributed by atoms with Gasteiger partial charge in [-0.05, 0) is 19.1 Å². The lowest BCUT2D eigenvalue weighted by molar-refractivity contribution is 0.628. The van der Waals surface area contributed by atoms with Gasteiger partial charge < -0.3 is 9.13 Å². The molecule has 0 aliphatic heterocycles. The number of imidazole rings is 1. The second-order valence-electron chi connectivity index (χ2n) is 3.43. The fourth-order valence-electron chi connectivity index (χ4n) is 1.51. The molecule has 80 valence electrons. The summed E-state index contributed by atoms with van der Waals surface area (Å²) in [6.45, 7) is 2.75. The van der Waals surface area contributed by atoms with Crippen LogP contribution in [0.2, 0.25) is 0 Å². The van der Waals surface area contributed by atoms with Gasteiger partial charge in [-0.3, -0.25) is 5.10 Å². The van der Waals surface area contributed by atoms with Gasteiger partial charge in [0.15, 0.2) is 4.77 Å². The quantitative estimate of drug-likeness (QED) is 0.796. The van der Waals surface area contributed by atoms with E-state index in [1.807, 2.05) is 29.3 Å². The number of nitrogens with one attached hydrogen (secondary N) is 1. The normalized spacial score (nSPS) is 10.8. The van der Waals surface area contributed by atoms with Crippen molar-refractivity contribution < 1.29 is 0 Å². The number of hydrogen-bond acceptors (Lipinski definition) is 3. The summed E-state index contributed by atoms with van der Waals surface area (Å²) in [4.78, 5) is 4.26. The summed E-state index contributed by atoms with van der Waals surface area (Å²) >= 11 is 5.12. The van der Waals surface area contributed by atoms with E-state index in [1.54, 1.807) is 6.20 Å². The van der Waals surface area contributed by atoms with E-state index in [9.17, 15) is 0 Å². The predicted molar refractivity (Wildman–Crippen MR) is 59.1 cm³/mol. The Morgan fingerprint density at radius 2 is 2.33 bits per heavy atom. The van der Waals surface area contributed by atoms with Crippen LogP contribution >= 0.6 is 12.2 Å². The molecule has 0 amide bonds. The number of H-pyrrole nitrogens is 1. The van der Waals surface area contributed by atoms with E-state index in [0.29, 0.717) is 4.77 Å². The Bertz CT molecular complexity index is 507. The van der Waals surface area contributed by atoms with Gasteiger partial charge in [-0.1, -0.05) is 0 Å². The van der Waals surface area contributed by atoms with Crippen LogP contribution in [0, 0.1) is 11.7 Å². The van der Waals surface area contributed by atoms with E-state index in [-0.39, 0.29) is 0 Å². The molecule has 2 aromatic rings. The van der Waals surface area contributed by atoms with Gasteiger partial charge in [0, 0.05) is 32.4 Å².